The summed E-state index contributed by atoms with van der Waals surface area (Å²) < 4.78 is 6.15. The average molecular weight is 477 g/mol. The van der Waals surface area contributed by atoms with Crippen LogP contribution < -0.4 is 10.1 Å². The van der Waals surface area contributed by atoms with Gasteiger partial charge in [0, 0.05) is 42.1 Å². The van der Waals surface area contributed by atoms with Crippen LogP contribution in [0.2, 0.25) is 5.02 Å². The van der Waals surface area contributed by atoms with E-state index in [9.17, 15) is 14.4 Å². The van der Waals surface area contributed by atoms with E-state index in [1.807, 2.05) is 6.07 Å². The summed E-state index contributed by atoms with van der Waals surface area (Å²) in [7, 11) is 0. The number of nitrogens with zero attached hydrogens (tertiary/aromatic N) is 1. The highest BCUT2D eigenvalue weighted by molar-refractivity contribution is 6.30. The average Bonchev–Trinajstić information content (AvgIpc) is 2.88. The van der Waals surface area contributed by atoms with Crippen molar-refractivity contribution in [1.82, 2.24) is 10.2 Å². The first-order valence-electron chi connectivity index (χ1n) is 11.2. The number of benzene rings is 3. The minimum atomic E-state index is -0.367. The lowest BCUT2D eigenvalue weighted by Crippen LogP contribution is -2.42. The molecule has 4 rings (SSSR count). The summed E-state index contributed by atoms with van der Waals surface area (Å²) >= 11 is 6.01. The van der Waals surface area contributed by atoms with E-state index >= 15 is 0 Å². The van der Waals surface area contributed by atoms with Crippen molar-refractivity contribution >= 4 is 29.2 Å². The topological polar surface area (TPSA) is 75.7 Å². The number of hydrogen-bond acceptors (Lipinski definition) is 4. The molecular weight excluding hydrogens is 452 g/mol. The maximum Gasteiger partial charge on any atom is 0.255 e. The molecule has 1 heterocycles. The van der Waals surface area contributed by atoms with Crippen LogP contribution in [0.25, 0.3) is 0 Å². The number of hydrogen-bond donors (Lipinski definition) is 1. The number of para-hydroxylation sites is 1. The van der Waals surface area contributed by atoms with Crippen molar-refractivity contribution in [2.24, 2.45) is 0 Å². The number of ketones is 1. The molecule has 0 bridgehead atoms. The molecule has 1 N–H and O–H groups in total. The van der Waals surface area contributed by atoms with Crippen LogP contribution in [0.15, 0.2) is 78.9 Å². The third-order valence-corrected chi connectivity index (χ3v) is 5.97. The minimum absolute atomic E-state index is 0.0520. The molecule has 0 saturated carbocycles. The lowest BCUT2D eigenvalue weighted by atomic mass is 10.1. The van der Waals surface area contributed by atoms with Crippen LogP contribution in [0, 0.1) is 0 Å². The SMILES string of the molecule is O=C(CNC(=O)c1ccccc1OC1CCN(C(=O)c2cccc(Cl)c2)CC1)c1ccccc1. The molecule has 6 nitrogen and oxygen atoms in total. The number of likely N-dealkylation sites (tertiary alicyclic amines) is 1. The maximum absolute atomic E-state index is 12.8. The molecule has 0 unspecified atom stereocenters. The number of carbonyl (C=O) groups is 3. The summed E-state index contributed by atoms with van der Waals surface area (Å²) in [5, 5.41) is 3.22. The van der Waals surface area contributed by atoms with Gasteiger partial charge in [0.15, 0.2) is 5.78 Å². The summed E-state index contributed by atoms with van der Waals surface area (Å²) in [5.74, 6) is -0.117. The Balaban J connectivity index is 1.33. The van der Waals surface area contributed by atoms with E-state index in [0.29, 0.717) is 53.4 Å². The number of halogens is 1. The Morgan fingerprint density at radius 3 is 2.29 bits per heavy atom. The van der Waals surface area contributed by atoms with Gasteiger partial charge in [-0.15, -0.1) is 0 Å². The molecule has 1 aliphatic heterocycles. The first-order valence-corrected chi connectivity index (χ1v) is 11.6. The molecule has 3 aromatic carbocycles. The third kappa shape index (κ3) is 5.83. The molecular formula is C27H25ClN2O4. The zero-order valence-electron chi connectivity index (χ0n) is 18.6. The Morgan fingerprint density at radius 1 is 0.882 bits per heavy atom. The van der Waals surface area contributed by atoms with Crippen molar-refractivity contribution < 1.29 is 19.1 Å². The van der Waals surface area contributed by atoms with Gasteiger partial charge < -0.3 is 15.0 Å². The van der Waals surface area contributed by atoms with Gasteiger partial charge in [-0.1, -0.05) is 60.1 Å². The zero-order valence-corrected chi connectivity index (χ0v) is 19.3. The monoisotopic (exact) mass is 476 g/mol. The number of ether oxygens (including phenoxy) is 1. The van der Waals surface area contributed by atoms with Crippen molar-refractivity contribution in [1.29, 1.82) is 0 Å². The second-order valence-corrected chi connectivity index (χ2v) is 8.52. The number of rotatable bonds is 7. The van der Waals surface area contributed by atoms with Gasteiger partial charge in [-0.25, -0.2) is 0 Å². The van der Waals surface area contributed by atoms with Gasteiger partial charge in [0.1, 0.15) is 11.9 Å². The van der Waals surface area contributed by atoms with Crippen LogP contribution in [-0.2, 0) is 0 Å². The van der Waals surface area contributed by atoms with E-state index in [4.69, 9.17) is 16.3 Å². The van der Waals surface area contributed by atoms with Crippen LogP contribution in [-0.4, -0.2) is 48.2 Å². The summed E-state index contributed by atoms with van der Waals surface area (Å²) in [6.45, 7) is 1.01. The van der Waals surface area contributed by atoms with E-state index in [1.165, 1.54) is 0 Å². The lowest BCUT2D eigenvalue weighted by Gasteiger charge is -2.32. The summed E-state index contributed by atoms with van der Waals surface area (Å²) in [5.41, 5.74) is 1.49. The Labute approximate surface area is 203 Å². The second-order valence-electron chi connectivity index (χ2n) is 8.09. The Bertz CT molecular complexity index is 1170. The van der Waals surface area contributed by atoms with Crippen molar-refractivity contribution in [2.75, 3.05) is 19.6 Å². The number of amides is 2. The molecule has 2 amide bonds. The molecule has 174 valence electrons. The molecule has 7 heteroatoms. The van der Waals surface area contributed by atoms with E-state index in [-0.39, 0.29) is 30.2 Å². The zero-order chi connectivity index (χ0) is 23.9. The molecule has 0 spiro atoms. The molecule has 34 heavy (non-hydrogen) atoms. The van der Waals surface area contributed by atoms with Gasteiger partial charge >= 0.3 is 0 Å². The van der Waals surface area contributed by atoms with Gasteiger partial charge in [0.25, 0.3) is 11.8 Å². The standard InChI is InChI=1S/C27H25ClN2O4/c28-21-10-6-9-20(17-21)27(33)30-15-13-22(14-16-30)34-25-12-5-4-11-23(25)26(32)29-18-24(31)19-7-2-1-3-8-19/h1-12,17,22H,13-16,18H2,(H,29,32). The summed E-state index contributed by atoms with van der Waals surface area (Å²) in [6, 6.07) is 22.8. The highest BCUT2D eigenvalue weighted by Crippen LogP contribution is 2.24. The van der Waals surface area contributed by atoms with E-state index in [2.05, 4.69) is 5.32 Å². The quantitative estimate of drug-likeness (QED) is 0.504. The molecule has 0 atom stereocenters. The normalized spacial score (nSPS) is 13.9. The van der Waals surface area contributed by atoms with Gasteiger partial charge in [-0.05, 0) is 30.3 Å². The van der Waals surface area contributed by atoms with Gasteiger partial charge in [0.05, 0.1) is 12.1 Å². The predicted molar refractivity (Wildman–Crippen MR) is 131 cm³/mol. The largest absolute Gasteiger partial charge is 0.489 e. The Morgan fingerprint density at radius 2 is 1.56 bits per heavy atom. The highest BCUT2D eigenvalue weighted by atomic mass is 35.5. The predicted octanol–water partition coefficient (Wildman–Crippen LogP) is 4.64. The van der Waals surface area contributed by atoms with E-state index in [1.54, 1.807) is 77.7 Å². The lowest BCUT2D eigenvalue weighted by molar-refractivity contribution is 0.0593. The van der Waals surface area contributed by atoms with Gasteiger partial charge in [-0.2, -0.15) is 0 Å². The first kappa shape index (κ1) is 23.5. The van der Waals surface area contributed by atoms with Crippen LogP contribution in [0.3, 0.4) is 0 Å². The van der Waals surface area contributed by atoms with Crippen LogP contribution in [0.1, 0.15) is 43.9 Å². The Kier molecular flexibility index (Phi) is 7.60. The highest BCUT2D eigenvalue weighted by Gasteiger charge is 2.26. The van der Waals surface area contributed by atoms with Crippen molar-refractivity contribution in [2.45, 2.75) is 18.9 Å². The smallest absolute Gasteiger partial charge is 0.255 e. The van der Waals surface area contributed by atoms with Crippen LogP contribution >= 0.6 is 11.6 Å². The maximum atomic E-state index is 12.8. The third-order valence-electron chi connectivity index (χ3n) is 5.73. The first-order chi connectivity index (χ1) is 16.5. The Hall–Kier alpha value is -3.64. The molecule has 0 radical (unpaired) electrons. The number of carbonyl (C=O) groups excluding carboxylic acids is 3. The minimum Gasteiger partial charge on any atom is -0.489 e. The van der Waals surface area contributed by atoms with Crippen molar-refractivity contribution in [3.8, 4) is 5.75 Å². The fraction of sp³-hybridized carbons (Fsp3) is 0.222. The van der Waals surface area contributed by atoms with Gasteiger partial charge in [0.2, 0.25) is 0 Å². The van der Waals surface area contributed by atoms with E-state index in [0.717, 1.165) is 0 Å². The number of piperidine rings is 1. The van der Waals surface area contributed by atoms with Gasteiger partial charge in [-0.3, -0.25) is 14.4 Å². The second kappa shape index (κ2) is 11.0. The van der Waals surface area contributed by atoms with Crippen LogP contribution in [0.4, 0.5) is 0 Å². The molecule has 1 fully saturated rings. The fourth-order valence-electron chi connectivity index (χ4n) is 3.90. The number of nitrogens with one attached hydrogen (secondary N) is 1. The molecule has 3 aromatic rings. The van der Waals surface area contributed by atoms with Crippen molar-refractivity contribution in [3.05, 3.63) is 101 Å². The number of Topliss-reactive ketones (excluding diaryl/α,β-unsaturated/α-hetero) is 1. The fourth-order valence-corrected chi connectivity index (χ4v) is 4.09. The molecule has 1 saturated heterocycles. The van der Waals surface area contributed by atoms with Crippen LogP contribution in [0.5, 0.6) is 5.75 Å². The summed E-state index contributed by atoms with van der Waals surface area (Å²) in [6.07, 6.45) is 1.17. The summed E-state index contributed by atoms with van der Waals surface area (Å²) in [4.78, 5) is 39.6. The molecule has 0 aromatic heterocycles. The van der Waals surface area contributed by atoms with E-state index < -0.39 is 0 Å². The molecule has 1 aliphatic rings. The van der Waals surface area contributed by atoms with Crippen molar-refractivity contribution in [3.63, 3.8) is 0 Å². The molecule has 0 aliphatic carbocycles.